The fraction of sp³-hybridized carbons (Fsp3) is 0.429. The van der Waals surface area contributed by atoms with Gasteiger partial charge in [-0.2, -0.15) is 0 Å². The summed E-state index contributed by atoms with van der Waals surface area (Å²) in [6.45, 7) is 1.89. The molecule has 0 radical (unpaired) electrons. The van der Waals surface area contributed by atoms with Crippen molar-refractivity contribution >= 4 is 5.83 Å². The summed E-state index contributed by atoms with van der Waals surface area (Å²) in [5.41, 5.74) is -2.04. The van der Waals surface area contributed by atoms with E-state index in [2.05, 4.69) is 5.32 Å². The molecule has 0 fully saturated rings. The van der Waals surface area contributed by atoms with Gasteiger partial charge in [0, 0.05) is 13.2 Å². The van der Waals surface area contributed by atoms with E-state index in [4.69, 9.17) is 4.74 Å². The number of hydrogen-bond acceptors (Lipinski definition) is 2. The summed E-state index contributed by atoms with van der Waals surface area (Å²) in [4.78, 5) is 0. The predicted molar refractivity (Wildman–Crippen MR) is 67.6 cm³/mol. The summed E-state index contributed by atoms with van der Waals surface area (Å²) in [6.07, 6.45) is 0. The minimum Gasteiger partial charge on any atom is -0.380 e. The second kappa shape index (κ2) is 5.54. The maximum Gasteiger partial charge on any atom is 0.169 e. The van der Waals surface area contributed by atoms with Gasteiger partial charge in [-0.15, -0.1) is 0 Å². The van der Waals surface area contributed by atoms with Gasteiger partial charge in [-0.1, -0.05) is 6.07 Å². The Balaban J connectivity index is 2.64. The highest BCUT2D eigenvalue weighted by Gasteiger charge is 2.48. The minimum atomic E-state index is -1.46. The van der Waals surface area contributed by atoms with Gasteiger partial charge in [0.1, 0.15) is 0 Å². The van der Waals surface area contributed by atoms with E-state index in [0.717, 1.165) is 6.07 Å². The van der Waals surface area contributed by atoms with Crippen molar-refractivity contribution in [1.29, 1.82) is 0 Å². The fourth-order valence-corrected chi connectivity index (χ4v) is 2.55. The maximum atomic E-state index is 14.3. The van der Waals surface area contributed by atoms with Crippen LogP contribution in [0.15, 0.2) is 18.0 Å². The van der Waals surface area contributed by atoms with E-state index < -0.39 is 34.3 Å². The molecular formula is C14H15F4NO. The van der Waals surface area contributed by atoms with Crippen LogP contribution >= 0.6 is 0 Å². The van der Waals surface area contributed by atoms with Crippen LogP contribution in [0.2, 0.25) is 0 Å². The van der Waals surface area contributed by atoms with Crippen LogP contribution in [0.5, 0.6) is 0 Å². The Bertz CT molecular complexity index is 558. The van der Waals surface area contributed by atoms with E-state index >= 15 is 0 Å². The topological polar surface area (TPSA) is 21.3 Å². The lowest BCUT2D eigenvalue weighted by atomic mass is 9.82. The van der Waals surface area contributed by atoms with Crippen LogP contribution in [0.25, 0.3) is 5.83 Å². The third-order valence-corrected chi connectivity index (χ3v) is 3.47. The summed E-state index contributed by atoms with van der Waals surface area (Å²) in [7, 11) is 1.57. The summed E-state index contributed by atoms with van der Waals surface area (Å²) >= 11 is 0. The third-order valence-electron chi connectivity index (χ3n) is 3.47. The first-order chi connectivity index (χ1) is 9.49. The molecule has 6 heteroatoms. The molecule has 1 aromatic rings. The first-order valence-electron chi connectivity index (χ1n) is 6.26. The van der Waals surface area contributed by atoms with E-state index in [-0.39, 0.29) is 18.7 Å². The van der Waals surface area contributed by atoms with Gasteiger partial charge in [0.2, 0.25) is 0 Å². The summed E-state index contributed by atoms with van der Waals surface area (Å²) in [6, 6.07) is 2.08. The van der Waals surface area contributed by atoms with Crippen molar-refractivity contribution in [3.8, 4) is 0 Å². The molecule has 0 aliphatic heterocycles. The number of hydrogen-bond donors (Lipinski definition) is 1. The number of nitrogens with one attached hydrogen (secondary N) is 1. The first-order valence-corrected chi connectivity index (χ1v) is 6.26. The average molecular weight is 289 g/mol. The van der Waals surface area contributed by atoms with Gasteiger partial charge in [-0.05, 0) is 25.6 Å². The number of rotatable bonds is 5. The summed E-state index contributed by atoms with van der Waals surface area (Å²) in [5, 5.41) is 2.75. The Morgan fingerprint density at radius 2 is 1.90 bits per heavy atom. The van der Waals surface area contributed by atoms with E-state index in [1.165, 1.54) is 6.07 Å². The van der Waals surface area contributed by atoms with Crippen molar-refractivity contribution < 1.29 is 22.3 Å². The largest absolute Gasteiger partial charge is 0.380 e. The van der Waals surface area contributed by atoms with Crippen LogP contribution in [0.1, 0.15) is 18.1 Å². The molecule has 1 aliphatic carbocycles. The second-order valence-electron chi connectivity index (χ2n) is 4.66. The van der Waals surface area contributed by atoms with Crippen molar-refractivity contribution in [1.82, 2.24) is 5.32 Å². The fourth-order valence-electron chi connectivity index (χ4n) is 2.55. The molecule has 0 amide bonds. The monoisotopic (exact) mass is 289 g/mol. The molecule has 0 saturated heterocycles. The predicted octanol–water partition coefficient (Wildman–Crippen LogP) is 3.08. The van der Waals surface area contributed by atoms with E-state index in [1.807, 2.05) is 0 Å². The lowest BCUT2D eigenvalue weighted by molar-refractivity contribution is 0.0975. The molecule has 1 aromatic carbocycles. The molecule has 1 atom stereocenters. The molecule has 0 saturated carbocycles. The number of benzene rings is 1. The molecule has 0 aromatic heterocycles. The van der Waals surface area contributed by atoms with E-state index in [0.29, 0.717) is 6.61 Å². The molecule has 2 nitrogen and oxygen atoms in total. The normalized spacial score (nSPS) is 21.5. The number of fused-ring (bicyclic) bond motifs is 1. The van der Waals surface area contributed by atoms with Crippen LogP contribution < -0.4 is 5.32 Å². The molecule has 1 N–H and O–H groups in total. The minimum absolute atomic E-state index is 0.0182. The van der Waals surface area contributed by atoms with Crippen LogP contribution in [0.3, 0.4) is 0 Å². The molecular weight excluding hydrogens is 274 g/mol. The zero-order valence-electron chi connectivity index (χ0n) is 11.2. The molecule has 0 heterocycles. The third kappa shape index (κ3) is 2.03. The van der Waals surface area contributed by atoms with E-state index in [9.17, 15) is 17.6 Å². The highest BCUT2D eigenvalue weighted by molar-refractivity contribution is 5.75. The summed E-state index contributed by atoms with van der Waals surface area (Å²) < 4.78 is 60.6. The van der Waals surface area contributed by atoms with Gasteiger partial charge in [0.05, 0.1) is 17.6 Å². The number of halogens is 4. The van der Waals surface area contributed by atoms with Crippen molar-refractivity contribution in [2.24, 2.45) is 0 Å². The lowest BCUT2D eigenvalue weighted by Gasteiger charge is -2.29. The van der Waals surface area contributed by atoms with Crippen LogP contribution in [0.4, 0.5) is 17.6 Å². The SMILES string of the molecule is CCOCC1(CNC)C(F)=C(F)c2c1ccc(F)c2F. The van der Waals surface area contributed by atoms with Crippen molar-refractivity contribution in [2.45, 2.75) is 12.3 Å². The Kier molecular flexibility index (Phi) is 4.15. The lowest BCUT2D eigenvalue weighted by Crippen LogP contribution is -2.40. The van der Waals surface area contributed by atoms with Crippen LogP contribution in [-0.2, 0) is 10.2 Å². The number of likely N-dealkylation sites (N-methyl/N-ethyl adjacent to an activating group) is 1. The molecule has 0 bridgehead atoms. The Hall–Kier alpha value is -1.40. The Labute approximate surface area is 114 Å². The second-order valence-corrected chi connectivity index (χ2v) is 4.66. The number of ether oxygens (including phenoxy) is 1. The van der Waals surface area contributed by atoms with Crippen molar-refractivity contribution in [3.05, 3.63) is 40.7 Å². The zero-order valence-corrected chi connectivity index (χ0v) is 11.2. The average Bonchev–Trinajstić information content (AvgIpc) is 2.64. The molecule has 1 unspecified atom stereocenters. The van der Waals surface area contributed by atoms with Gasteiger partial charge in [0.15, 0.2) is 23.3 Å². The molecule has 1 aliphatic rings. The quantitative estimate of drug-likeness (QED) is 0.841. The van der Waals surface area contributed by atoms with Crippen molar-refractivity contribution in [3.63, 3.8) is 0 Å². The highest BCUT2D eigenvalue weighted by atomic mass is 19.2. The maximum absolute atomic E-state index is 14.3. The smallest absolute Gasteiger partial charge is 0.169 e. The van der Waals surface area contributed by atoms with Gasteiger partial charge in [0.25, 0.3) is 0 Å². The Morgan fingerprint density at radius 1 is 1.20 bits per heavy atom. The van der Waals surface area contributed by atoms with E-state index in [1.54, 1.807) is 14.0 Å². The van der Waals surface area contributed by atoms with Gasteiger partial charge >= 0.3 is 0 Å². The molecule has 0 spiro atoms. The summed E-state index contributed by atoms with van der Waals surface area (Å²) in [5.74, 6) is -5.06. The van der Waals surface area contributed by atoms with Gasteiger partial charge in [-0.25, -0.2) is 17.6 Å². The highest BCUT2D eigenvalue weighted by Crippen LogP contribution is 2.49. The van der Waals surface area contributed by atoms with Crippen LogP contribution in [0, 0.1) is 11.6 Å². The van der Waals surface area contributed by atoms with Crippen LogP contribution in [-0.4, -0.2) is 26.8 Å². The molecule has 110 valence electrons. The first kappa shape index (κ1) is 15.0. The van der Waals surface area contributed by atoms with Gasteiger partial charge in [-0.3, -0.25) is 0 Å². The zero-order chi connectivity index (χ0) is 14.9. The standard InChI is InChI=1S/C14H15F4NO/c1-3-20-7-14(6-19-2)8-4-5-9(15)11(16)10(8)12(17)13(14)18/h4-5,19H,3,6-7H2,1-2H3. The van der Waals surface area contributed by atoms with Crippen molar-refractivity contribution in [2.75, 3.05) is 26.8 Å². The van der Waals surface area contributed by atoms with Gasteiger partial charge < -0.3 is 10.1 Å². The molecule has 2 rings (SSSR count). The Morgan fingerprint density at radius 3 is 2.50 bits per heavy atom. The molecule has 20 heavy (non-hydrogen) atoms.